The number of carbonyl (C=O) groups is 2. The van der Waals surface area contributed by atoms with E-state index < -0.39 is 11.6 Å². The molecule has 0 aromatic carbocycles. The molecule has 2 rings (SSSR count). The number of carbonyl (C=O) groups excluding carboxylic acids is 1. The van der Waals surface area contributed by atoms with Crippen LogP contribution in [0.25, 0.3) is 0 Å². The third-order valence-corrected chi connectivity index (χ3v) is 4.10. The molecule has 1 aliphatic carbocycles. The topological polar surface area (TPSA) is 70.1 Å². The Kier molecular flexibility index (Phi) is 5.32. The van der Waals surface area contributed by atoms with E-state index in [0.717, 1.165) is 32.1 Å². The third-order valence-electron chi connectivity index (χ3n) is 4.10. The number of aliphatic carboxylic acids is 1. The van der Waals surface area contributed by atoms with Crippen molar-refractivity contribution in [3.8, 4) is 0 Å². The molecule has 1 aliphatic heterocycles. The van der Waals surface area contributed by atoms with Crippen molar-refractivity contribution in [1.29, 1.82) is 0 Å². The molecule has 1 atom stereocenters. The minimum absolute atomic E-state index is 0.0588. The van der Waals surface area contributed by atoms with Crippen molar-refractivity contribution < 1.29 is 19.4 Å². The summed E-state index contributed by atoms with van der Waals surface area (Å²) in [5.41, 5.74) is -0.504. The maximum atomic E-state index is 12.4. The third kappa shape index (κ3) is 5.16. The Labute approximate surface area is 132 Å². The second-order valence-electron chi connectivity index (χ2n) is 7.38. The Hall–Kier alpha value is -1.30. The molecule has 1 unspecified atom stereocenters. The Balaban J connectivity index is 1.99. The predicted molar refractivity (Wildman–Crippen MR) is 82.8 cm³/mol. The van der Waals surface area contributed by atoms with Crippen LogP contribution in [0.15, 0.2) is 0 Å². The summed E-state index contributed by atoms with van der Waals surface area (Å²) in [6.45, 7) is 6.99. The number of likely N-dealkylation sites (tertiary alicyclic amines) is 1. The van der Waals surface area contributed by atoms with Crippen LogP contribution in [-0.2, 0) is 9.53 Å². The molecule has 1 saturated carbocycles. The SMILES string of the molecule is CC(C)(C)OC(=O)N1CCCCC1CN(CC(=O)O)C1CC1. The highest BCUT2D eigenvalue weighted by molar-refractivity contribution is 5.69. The molecule has 0 radical (unpaired) electrons. The van der Waals surface area contributed by atoms with E-state index >= 15 is 0 Å². The average molecular weight is 312 g/mol. The van der Waals surface area contributed by atoms with Gasteiger partial charge in [0.1, 0.15) is 5.60 Å². The Bertz CT molecular complexity index is 415. The minimum atomic E-state index is -0.800. The van der Waals surface area contributed by atoms with Gasteiger partial charge in [-0.25, -0.2) is 4.79 Å². The molecule has 6 nitrogen and oxygen atoms in total. The van der Waals surface area contributed by atoms with Gasteiger partial charge >= 0.3 is 12.1 Å². The van der Waals surface area contributed by atoms with Gasteiger partial charge in [-0.2, -0.15) is 0 Å². The lowest BCUT2D eigenvalue weighted by Gasteiger charge is -2.39. The van der Waals surface area contributed by atoms with Gasteiger partial charge in [-0.3, -0.25) is 9.69 Å². The second-order valence-corrected chi connectivity index (χ2v) is 7.38. The molecule has 0 aromatic heterocycles. The van der Waals surface area contributed by atoms with E-state index in [1.54, 1.807) is 4.90 Å². The number of piperidine rings is 1. The fourth-order valence-electron chi connectivity index (χ4n) is 2.98. The first-order chi connectivity index (χ1) is 10.3. The predicted octanol–water partition coefficient (Wildman–Crippen LogP) is 2.33. The summed E-state index contributed by atoms with van der Waals surface area (Å²) < 4.78 is 5.50. The molecule has 6 heteroatoms. The molecule has 1 amide bonds. The largest absolute Gasteiger partial charge is 0.480 e. The molecule has 0 spiro atoms. The molecule has 1 saturated heterocycles. The van der Waals surface area contributed by atoms with Crippen molar-refractivity contribution in [2.75, 3.05) is 19.6 Å². The number of nitrogens with zero attached hydrogens (tertiary/aromatic N) is 2. The van der Waals surface area contributed by atoms with Crippen molar-refractivity contribution in [2.45, 2.75) is 70.6 Å². The minimum Gasteiger partial charge on any atom is -0.480 e. The van der Waals surface area contributed by atoms with Gasteiger partial charge in [0, 0.05) is 25.2 Å². The van der Waals surface area contributed by atoms with E-state index in [9.17, 15) is 9.59 Å². The maximum Gasteiger partial charge on any atom is 0.410 e. The second kappa shape index (κ2) is 6.86. The standard InChI is InChI=1S/C16H28N2O4/c1-16(2,3)22-15(21)18-9-5-4-6-13(18)10-17(11-14(19)20)12-7-8-12/h12-13H,4-11H2,1-3H3,(H,19,20). The molecule has 0 aromatic rings. The highest BCUT2D eigenvalue weighted by atomic mass is 16.6. The summed E-state index contributed by atoms with van der Waals surface area (Å²) in [5.74, 6) is -0.800. The van der Waals surface area contributed by atoms with E-state index in [1.807, 2.05) is 25.7 Å². The van der Waals surface area contributed by atoms with E-state index in [4.69, 9.17) is 9.84 Å². The van der Waals surface area contributed by atoms with E-state index in [2.05, 4.69) is 0 Å². The molecule has 1 N–H and O–H groups in total. The van der Waals surface area contributed by atoms with Gasteiger partial charge < -0.3 is 14.7 Å². The fraction of sp³-hybridized carbons (Fsp3) is 0.875. The quantitative estimate of drug-likeness (QED) is 0.843. The van der Waals surface area contributed by atoms with E-state index in [0.29, 0.717) is 19.1 Å². The van der Waals surface area contributed by atoms with Crippen molar-refractivity contribution in [2.24, 2.45) is 0 Å². The lowest BCUT2D eigenvalue weighted by molar-refractivity contribution is -0.138. The van der Waals surface area contributed by atoms with Crippen LogP contribution in [-0.4, -0.2) is 64.3 Å². The first kappa shape index (κ1) is 17.1. The van der Waals surface area contributed by atoms with Gasteiger partial charge in [0.15, 0.2) is 0 Å². The van der Waals surface area contributed by atoms with Gasteiger partial charge in [0.05, 0.1) is 6.54 Å². The van der Waals surface area contributed by atoms with E-state index in [1.165, 1.54) is 0 Å². The van der Waals surface area contributed by atoms with Gasteiger partial charge in [0.25, 0.3) is 0 Å². The zero-order valence-electron chi connectivity index (χ0n) is 13.9. The number of hydrogen-bond donors (Lipinski definition) is 1. The van der Waals surface area contributed by atoms with Crippen molar-refractivity contribution in [3.05, 3.63) is 0 Å². The first-order valence-electron chi connectivity index (χ1n) is 8.22. The zero-order chi connectivity index (χ0) is 16.3. The first-order valence-corrected chi connectivity index (χ1v) is 8.22. The van der Waals surface area contributed by atoms with Crippen LogP contribution in [0.2, 0.25) is 0 Å². The molecular formula is C16H28N2O4. The number of carboxylic acids is 1. The van der Waals surface area contributed by atoms with Crippen LogP contribution in [0.3, 0.4) is 0 Å². The zero-order valence-corrected chi connectivity index (χ0v) is 13.9. The summed E-state index contributed by atoms with van der Waals surface area (Å²) in [4.78, 5) is 27.2. The van der Waals surface area contributed by atoms with Gasteiger partial charge in [-0.05, 0) is 52.9 Å². The van der Waals surface area contributed by atoms with Crippen LogP contribution in [0.5, 0.6) is 0 Å². The molecular weight excluding hydrogens is 284 g/mol. The highest BCUT2D eigenvalue weighted by Gasteiger charge is 2.36. The lowest BCUT2D eigenvalue weighted by Crippen LogP contribution is -2.51. The summed E-state index contributed by atoms with van der Waals surface area (Å²) in [6, 6.07) is 0.432. The molecule has 22 heavy (non-hydrogen) atoms. The summed E-state index contributed by atoms with van der Waals surface area (Å²) in [6.07, 6.45) is 4.83. The van der Waals surface area contributed by atoms with Crippen molar-refractivity contribution in [1.82, 2.24) is 9.80 Å². The highest BCUT2D eigenvalue weighted by Crippen LogP contribution is 2.29. The maximum absolute atomic E-state index is 12.4. The van der Waals surface area contributed by atoms with Crippen LogP contribution < -0.4 is 0 Å². The summed E-state index contributed by atoms with van der Waals surface area (Å²) >= 11 is 0. The normalized spacial score (nSPS) is 22.7. The summed E-state index contributed by atoms with van der Waals surface area (Å²) in [5, 5.41) is 9.07. The van der Waals surface area contributed by atoms with E-state index in [-0.39, 0.29) is 18.7 Å². The molecule has 1 heterocycles. The van der Waals surface area contributed by atoms with Crippen LogP contribution in [0, 0.1) is 0 Å². The monoisotopic (exact) mass is 312 g/mol. The van der Waals surface area contributed by atoms with Crippen LogP contribution >= 0.6 is 0 Å². The smallest absolute Gasteiger partial charge is 0.410 e. The van der Waals surface area contributed by atoms with Gasteiger partial charge in [0.2, 0.25) is 0 Å². The number of amides is 1. The average Bonchev–Trinajstić information content (AvgIpc) is 3.20. The fourth-order valence-corrected chi connectivity index (χ4v) is 2.98. The Morgan fingerprint density at radius 3 is 2.45 bits per heavy atom. The van der Waals surface area contributed by atoms with Crippen molar-refractivity contribution >= 4 is 12.1 Å². The van der Waals surface area contributed by atoms with Crippen LogP contribution in [0.1, 0.15) is 52.9 Å². The lowest BCUT2D eigenvalue weighted by atomic mass is 10.0. The number of rotatable bonds is 5. The molecule has 2 aliphatic rings. The Morgan fingerprint density at radius 1 is 1.23 bits per heavy atom. The van der Waals surface area contributed by atoms with Crippen molar-refractivity contribution in [3.63, 3.8) is 0 Å². The number of carboxylic acid groups (broad SMARTS) is 1. The van der Waals surface area contributed by atoms with Crippen LogP contribution in [0.4, 0.5) is 4.79 Å². The molecule has 0 bridgehead atoms. The van der Waals surface area contributed by atoms with Gasteiger partial charge in [-0.1, -0.05) is 0 Å². The summed E-state index contributed by atoms with van der Waals surface area (Å²) in [7, 11) is 0. The number of ether oxygens (including phenoxy) is 1. The Morgan fingerprint density at radius 2 is 1.91 bits per heavy atom. The molecule has 126 valence electrons. The van der Waals surface area contributed by atoms with Gasteiger partial charge in [-0.15, -0.1) is 0 Å². The molecule has 2 fully saturated rings. The number of hydrogen-bond acceptors (Lipinski definition) is 4.